The molecule has 0 saturated carbocycles. The average Bonchev–Trinajstić information content (AvgIpc) is 2.57. The minimum Gasteiger partial charge on any atom is -0.505 e. The minimum absolute atomic E-state index is 0.213. The number of benzene rings is 1. The Morgan fingerprint density at radius 1 is 1.33 bits per heavy atom. The fraction of sp³-hybridized carbons (Fsp3) is 0.0769. The standard InChI is InChI=1S/C13H10ClNO3/c1-7(16)11-12(17)10(15-13(11)18)6-8-2-4-9(14)5-3-8/h2-6,17H,1H3,(H,15,18)/b10-6-. The second-order valence-corrected chi connectivity index (χ2v) is 4.28. The van der Waals surface area contributed by atoms with Gasteiger partial charge in [0.1, 0.15) is 5.57 Å². The van der Waals surface area contributed by atoms with E-state index >= 15 is 0 Å². The Morgan fingerprint density at radius 3 is 2.44 bits per heavy atom. The molecule has 0 aliphatic carbocycles. The molecule has 1 aliphatic heterocycles. The molecule has 1 amide bonds. The summed E-state index contributed by atoms with van der Waals surface area (Å²) >= 11 is 5.75. The van der Waals surface area contributed by atoms with E-state index in [4.69, 9.17) is 11.6 Å². The first-order valence-corrected chi connectivity index (χ1v) is 5.60. The number of halogens is 1. The van der Waals surface area contributed by atoms with E-state index < -0.39 is 11.7 Å². The Hall–Kier alpha value is -2.07. The second kappa shape index (κ2) is 4.66. The molecule has 2 rings (SSSR count). The SMILES string of the molecule is CC(=O)C1=C(O)/C(=C/c2ccc(Cl)cc2)NC1=O. The van der Waals surface area contributed by atoms with Crippen molar-refractivity contribution < 1.29 is 14.7 Å². The van der Waals surface area contributed by atoms with E-state index in [-0.39, 0.29) is 17.0 Å². The van der Waals surface area contributed by atoms with E-state index in [2.05, 4.69) is 5.32 Å². The van der Waals surface area contributed by atoms with Crippen LogP contribution in [-0.2, 0) is 9.59 Å². The van der Waals surface area contributed by atoms with Crippen molar-refractivity contribution >= 4 is 29.4 Å². The summed E-state index contributed by atoms with van der Waals surface area (Å²) in [5.74, 6) is -1.37. The summed E-state index contributed by atoms with van der Waals surface area (Å²) in [6, 6.07) is 6.86. The smallest absolute Gasteiger partial charge is 0.263 e. The van der Waals surface area contributed by atoms with Gasteiger partial charge in [0, 0.05) is 5.02 Å². The molecule has 2 N–H and O–H groups in total. The van der Waals surface area contributed by atoms with Crippen molar-refractivity contribution in [2.75, 3.05) is 0 Å². The molecular weight excluding hydrogens is 254 g/mol. The van der Waals surface area contributed by atoms with Crippen LogP contribution in [0.25, 0.3) is 6.08 Å². The van der Waals surface area contributed by atoms with Crippen molar-refractivity contribution in [2.24, 2.45) is 0 Å². The predicted octanol–water partition coefficient (Wildman–Crippen LogP) is 2.21. The number of carbonyl (C=O) groups is 2. The number of amides is 1. The molecular formula is C13H10ClNO3. The molecule has 92 valence electrons. The number of carbonyl (C=O) groups excluding carboxylic acids is 2. The first-order chi connectivity index (χ1) is 8.49. The molecule has 1 aromatic rings. The van der Waals surface area contributed by atoms with Crippen LogP contribution in [-0.4, -0.2) is 16.8 Å². The summed E-state index contributed by atoms with van der Waals surface area (Å²) in [5.41, 5.74) is 0.758. The topological polar surface area (TPSA) is 66.4 Å². The van der Waals surface area contributed by atoms with Gasteiger partial charge in [0.2, 0.25) is 0 Å². The third-order valence-corrected chi connectivity index (χ3v) is 2.75. The van der Waals surface area contributed by atoms with Gasteiger partial charge in [-0.25, -0.2) is 0 Å². The number of nitrogens with one attached hydrogen (secondary N) is 1. The molecule has 0 atom stereocenters. The number of aliphatic hydroxyl groups is 1. The summed E-state index contributed by atoms with van der Waals surface area (Å²) in [6.07, 6.45) is 1.57. The van der Waals surface area contributed by atoms with Crippen LogP contribution in [0.4, 0.5) is 0 Å². The number of hydrogen-bond donors (Lipinski definition) is 2. The van der Waals surface area contributed by atoms with E-state index in [1.807, 2.05) is 0 Å². The monoisotopic (exact) mass is 263 g/mol. The van der Waals surface area contributed by atoms with Gasteiger partial charge in [0.15, 0.2) is 11.5 Å². The van der Waals surface area contributed by atoms with Crippen molar-refractivity contribution in [1.29, 1.82) is 0 Å². The maximum atomic E-state index is 11.5. The van der Waals surface area contributed by atoms with Gasteiger partial charge < -0.3 is 10.4 Å². The lowest BCUT2D eigenvalue weighted by Gasteiger charge is -1.99. The van der Waals surface area contributed by atoms with Crippen molar-refractivity contribution in [3.63, 3.8) is 0 Å². The second-order valence-electron chi connectivity index (χ2n) is 3.84. The summed E-state index contributed by atoms with van der Waals surface area (Å²) < 4.78 is 0. The van der Waals surface area contributed by atoms with Crippen LogP contribution in [0.2, 0.25) is 5.02 Å². The highest BCUT2D eigenvalue weighted by molar-refractivity contribution is 6.30. The lowest BCUT2D eigenvalue weighted by molar-refractivity contribution is -0.120. The number of rotatable bonds is 2. The number of aliphatic hydroxyl groups excluding tert-OH is 1. The quantitative estimate of drug-likeness (QED) is 0.804. The van der Waals surface area contributed by atoms with Crippen LogP contribution in [0.15, 0.2) is 41.3 Å². The highest BCUT2D eigenvalue weighted by atomic mass is 35.5. The summed E-state index contributed by atoms with van der Waals surface area (Å²) in [6.45, 7) is 1.23. The average molecular weight is 264 g/mol. The number of ketones is 1. The molecule has 5 heteroatoms. The van der Waals surface area contributed by atoms with Gasteiger partial charge in [-0.1, -0.05) is 23.7 Å². The van der Waals surface area contributed by atoms with E-state index in [9.17, 15) is 14.7 Å². The Labute approximate surface area is 109 Å². The Kier molecular flexibility index (Phi) is 3.21. The Bertz CT molecular complexity index is 585. The molecule has 0 unspecified atom stereocenters. The van der Waals surface area contributed by atoms with Gasteiger partial charge in [0.25, 0.3) is 5.91 Å². The van der Waals surface area contributed by atoms with Crippen molar-refractivity contribution in [3.05, 3.63) is 51.9 Å². The van der Waals surface area contributed by atoms with E-state index in [0.717, 1.165) is 5.56 Å². The third kappa shape index (κ3) is 2.28. The molecule has 0 saturated heterocycles. The van der Waals surface area contributed by atoms with E-state index in [0.29, 0.717) is 5.02 Å². The van der Waals surface area contributed by atoms with Gasteiger partial charge in [0.05, 0.1) is 5.70 Å². The van der Waals surface area contributed by atoms with Crippen LogP contribution in [0, 0.1) is 0 Å². The lowest BCUT2D eigenvalue weighted by atomic mass is 10.1. The van der Waals surface area contributed by atoms with Crippen molar-refractivity contribution in [3.8, 4) is 0 Å². The van der Waals surface area contributed by atoms with Crippen LogP contribution < -0.4 is 5.32 Å². The molecule has 18 heavy (non-hydrogen) atoms. The molecule has 0 fully saturated rings. The predicted molar refractivity (Wildman–Crippen MR) is 67.9 cm³/mol. The molecule has 0 radical (unpaired) electrons. The third-order valence-electron chi connectivity index (χ3n) is 2.50. The fourth-order valence-corrected chi connectivity index (χ4v) is 1.77. The molecule has 1 heterocycles. The largest absolute Gasteiger partial charge is 0.505 e. The molecule has 0 bridgehead atoms. The van der Waals surface area contributed by atoms with E-state index in [1.165, 1.54) is 6.92 Å². The first kappa shape index (κ1) is 12.4. The zero-order chi connectivity index (χ0) is 13.3. The van der Waals surface area contributed by atoms with Gasteiger partial charge in [-0.05, 0) is 30.7 Å². The normalized spacial score (nSPS) is 17.2. The first-order valence-electron chi connectivity index (χ1n) is 5.22. The van der Waals surface area contributed by atoms with Gasteiger partial charge >= 0.3 is 0 Å². The Balaban J connectivity index is 2.39. The fourth-order valence-electron chi connectivity index (χ4n) is 1.64. The molecule has 4 nitrogen and oxygen atoms in total. The van der Waals surface area contributed by atoms with E-state index in [1.54, 1.807) is 30.3 Å². The minimum atomic E-state index is -0.583. The van der Waals surface area contributed by atoms with Gasteiger partial charge in [-0.15, -0.1) is 0 Å². The molecule has 1 aromatic carbocycles. The summed E-state index contributed by atoms with van der Waals surface area (Å²) in [4.78, 5) is 22.7. The number of hydrogen-bond acceptors (Lipinski definition) is 3. The van der Waals surface area contributed by atoms with Crippen LogP contribution in [0.5, 0.6) is 0 Å². The molecule has 0 aromatic heterocycles. The van der Waals surface area contributed by atoms with Crippen LogP contribution >= 0.6 is 11.6 Å². The van der Waals surface area contributed by atoms with Crippen molar-refractivity contribution in [2.45, 2.75) is 6.92 Å². The Morgan fingerprint density at radius 2 is 1.94 bits per heavy atom. The zero-order valence-electron chi connectivity index (χ0n) is 9.53. The summed E-state index contributed by atoms with van der Waals surface area (Å²) in [5, 5.41) is 12.8. The van der Waals surface area contributed by atoms with Gasteiger partial charge in [-0.3, -0.25) is 9.59 Å². The van der Waals surface area contributed by atoms with Crippen molar-refractivity contribution in [1.82, 2.24) is 5.32 Å². The lowest BCUT2D eigenvalue weighted by Crippen LogP contribution is -2.18. The summed E-state index contributed by atoms with van der Waals surface area (Å²) in [7, 11) is 0. The maximum absolute atomic E-state index is 11.5. The zero-order valence-corrected chi connectivity index (χ0v) is 10.3. The maximum Gasteiger partial charge on any atom is 0.263 e. The van der Waals surface area contributed by atoms with Crippen LogP contribution in [0.1, 0.15) is 12.5 Å². The molecule has 1 aliphatic rings. The highest BCUT2D eigenvalue weighted by Crippen LogP contribution is 2.21. The highest BCUT2D eigenvalue weighted by Gasteiger charge is 2.29. The van der Waals surface area contributed by atoms with Gasteiger partial charge in [-0.2, -0.15) is 0 Å². The van der Waals surface area contributed by atoms with Crippen LogP contribution in [0.3, 0.4) is 0 Å². The number of Topliss-reactive ketones (excluding diaryl/α,β-unsaturated/α-hetero) is 1. The molecule has 0 spiro atoms.